The predicted molar refractivity (Wildman–Crippen MR) is 65.3 cm³/mol. The molecule has 1 aromatic rings. The van der Waals surface area contributed by atoms with E-state index in [0.717, 1.165) is 5.46 Å². The molecule has 0 aromatic carbocycles. The minimum absolute atomic E-state index is 0.320. The normalized spacial score (nSPS) is 22.4. The van der Waals surface area contributed by atoms with E-state index in [1.807, 2.05) is 33.8 Å². The van der Waals surface area contributed by atoms with E-state index in [9.17, 15) is 0 Å². The van der Waals surface area contributed by atoms with Crippen molar-refractivity contribution in [2.24, 2.45) is 0 Å². The first-order valence-electron chi connectivity index (χ1n) is 5.39. The first-order valence-corrected chi connectivity index (χ1v) is 5.39. The lowest BCUT2D eigenvalue weighted by Crippen LogP contribution is -2.41. The van der Waals surface area contributed by atoms with Gasteiger partial charge in [-0.15, -0.1) is 0 Å². The third-order valence-corrected chi connectivity index (χ3v) is 3.33. The van der Waals surface area contributed by atoms with E-state index in [4.69, 9.17) is 17.2 Å². The quantitative estimate of drug-likeness (QED) is 0.625. The molecular formula is C11H15B2NO2. The van der Waals surface area contributed by atoms with Crippen LogP contribution < -0.4 is 11.1 Å². The molecule has 1 saturated heterocycles. The zero-order chi connectivity index (χ0) is 12.0. The van der Waals surface area contributed by atoms with Crippen LogP contribution in [0, 0.1) is 0 Å². The van der Waals surface area contributed by atoms with Crippen molar-refractivity contribution in [3.8, 4) is 0 Å². The minimum atomic E-state index is -0.363. The Morgan fingerprint density at radius 3 is 2.12 bits per heavy atom. The summed E-state index contributed by atoms with van der Waals surface area (Å²) in [6.07, 6.45) is 1.69. The van der Waals surface area contributed by atoms with E-state index >= 15 is 0 Å². The van der Waals surface area contributed by atoms with Crippen LogP contribution in [0.1, 0.15) is 27.7 Å². The van der Waals surface area contributed by atoms with E-state index in [-0.39, 0.29) is 18.3 Å². The number of pyridine rings is 1. The fourth-order valence-electron chi connectivity index (χ4n) is 1.54. The second kappa shape index (κ2) is 3.60. The van der Waals surface area contributed by atoms with Crippen molar-refractivity contribution in [3.63, 3.8) is 0 Å². The lowest BCUT2D eigenvalue weighted by Gasteiger charge is -2.32. The first-order chi connectivity index (χ1) is 7.32. The maximum Gasteiger partial charge on any atom is 0.496 e. The maximum absolute atomic E-state index is 5.89. The van der Waals surface area contributed by atoms with Crippen LogP contribution >= 0.6 is 0 Å². The lowest BCUT2D eigenvalue weighted by atomic mass is 9.80. The van der Waals surface area contributed by atoms with Gasteiger partial charge in [-0.25, -0.2) is 0 Å². The Bertz CT molecular complexity index is 373. The van der Waals surface area contributed by atoms with Gasteiger partial charge in [0, 0.05) is 11.7 Å². The third kappa shape index (κ3) is 1.89. The van der Waals surface area contributed by atoms with Crippen LogP contribution in [-0.2, 0) is 9.31 Å². The van der Waals surface area contributed by atoms with Gasteiger partial charge in [-0.3, -0.25) is 4.98 Å². The van der Waals surface area contributed by atoms with Crippen molar-refractivity contribution in [3.05, 3.63) is 18.3 Å². The van der Waals surface area contributed by atoms with Gasteiger partial charge >= 0.3 is 7.12 Å². The number of hydrogen-bond donors (Lipinski definition) is 0. The van der Waals surface area contributed by atoms with Crippen LogP contribution in [0.4, 0.5) is 0 Å². The molecule has 1 aliphatic heterocycles. The Labute approximate surface area is 98.1 Å². The second-order valence-electron chi connectivity index (χ2n) is 5.10. The van der Waals surface area contributed by atoms with Crippen molar-refractivity contribution < 1.29 is 9.31 Å². The summed E-state index contributed by atoms with van der Waals surface area (Å²) in [7, 11) is 5.18. The van der Waals surface area contributed by atoms with Gasteiger partial charge in [0.15, 0.2) is 0 Å². The van der Waals surface area contributed by atoms with Crippen molar-refractivity contribution in [1.82, 2.24) is 4.98 Å². The molecular weight excluding hydrogens is 200 g/mol. The van der Waals surface area contributed by atoms with Gasteiger partial charge in [0.2, 0.25) is 0 Å². The van der Waals surface area contributed by atoms with E-state index in [1.165, 1.54) is 0 Å². The standard InChI is InChI=1S/C11H15B2NO2/c1-10(2)11(3,4)16-13(15-10)8-5-6-9(12)14-7-8/h5-7H,1-4H3. The molecule has 0 bridgehead atoms. The van der Waals surface area contributed by atoms with Gasteiger partial charge < -0.3 is 9.31 Å². The molecule has 82 valence electrons. The van der Waals surface area contributed by atoms with E-state index < -0.39 is 0 Å². The smallest absolute Gasteiger partial charge is 0.399 e. The van der Waals surface area contributed by atoms with Gasteiger partial charge in [0.05, 0.1) is 11.2 Å². The summed E-state index contributed by atoms with van der Waals surface area (Å²) in [5.74, 6) is 0. The molecule has 1 aliphatic rings. The highest BCUT2D eigenvalue weighted by atomic mass is 16.7. The van der Waals surface area contributed by atoms with Crippen LogP contribution in [0.5, 0.6) is 0 Å². The average molecular weight is 215 g/mol. The first kappa shape index (κ1) is 11.7. The summed E-state index contributed by atoms with van der Waals surface area (Å²) < 4.78 is 11.8. The van der Waals surface area contributed by atoms with E-state index in [0.29, 0.717) is 5.59 Å². The Morgan fingerprint density at radius 2 is 1.69 bits per heavy atom. The minimum Gasteiger partial charge on any atom is -0.399 e. The molecule has 2 heterocycles. The maximum atomic E-state index is 5.89. The van der Waals surface area contributed by atoms with Crippen LogP contribution in [0.3, 0.4) is 0 Å². The van der Waals surface area contributed by atoms with Gasteiger partial charge in [-0.05, 0) is 33.3 Å². The zero-order valence-electron chi connectivity index (χ0n) is 10.2. The summed E-state index contributed by atoms with van der Waals surface area (Å²) in [6.45, 7) is 8.10. The number of hydrogen-bond acceptors (Lipinski definition) is 3. The molecule has 0 N–H and O–H groups in total. The summed E-state index contributed by atoms with van der Waals surface area (Å²) in [5, 5.41) is 0. The Kier molecular flexibility index (Phi) is 2.63. The monoisotopic (exact) mass is 215 g/mol. The van der Waals surface area contributed by atoms with Crippen LogP contribution in [-0.4, -0.2) is 31.2 Å². The molecule has 0 unspecified atom stereocenters. The van der Waals surface area contributed by atoms with Crippen LogP contribution in [0.2, 0.25) is 0 Å². The fourth-order valence-corrected chi connectivity index (χ4v) is 1.54. The van der Waals surface area contributed by atoms with E-state index in [2.05, 4.69) is 4.98 Å². The van der Waals surface area contributed by atoms with Crippen molar-refractivity contribution in [2.45, 2.75) is 38.9 Å². The molecule has 2 radical (unpaired) electrons. The molecule has 0 amide bonds. The molecule has 0 atom stereocenters. The molecule has 16 heavy (non-hydrogen) atoms. The zero-order valence-corrected chi connectivity index (χ0v) is 10.2. The largest absolute Gasteiger partial charge is 0.496 e. The fraction of sp³-hybridized carbons (Fsp3) is 0.545. The highest BCUT2D eigenvalue weighted by Gasteiger charge is 2.51. The summed E-state index contributed by atoms with van der Waals surface area (Å²) in [5.41, 5.74) is 0.756. The van der Waals surface area contributed by atoms with Gasteiger partial charge in [-0.1, -0.05) is 12.1 Å². The van der Waals surface area contributed by atoms with Gasteiger partial charge in [-0.2, -0.15) is 0 Å². The van der Waals surface area contributed by atoms with Crippen molar-refractivity contribution in [2.75, 3.05) is 0 Å². The Morgan fingerprint density at radius 1 is 1.12 bits per heavy atom. The number of nitrogens with zero attached hydrogens (tertiary/aromatic N) is 1. The summed E-state index contributed by atoms with van der Waals surface area (Å²) in [4.78, 5) is 4.04. The molecule has 0 aliphatic carbocycles. The number of aromatic nitrogens is 1. The van der Waals surface area contributed by atoms with Crippen LogP contribution in [0.15, 0.2) is 18.3 Å². The third-order valence-electron chi connectivity index (χ3n) is 3.33. The van der Waals surface area contributed by atoms with Crippen LogP contribution in [0.25, 0.3) is 0 Å². The highest BCUT2D eigenvalue weighted by molar-refractivity contribution is 6.62. The van der Waals surface area contributed by atoms with Crippen molar-refractivity contribution in [1.29, 1.82) is 0 Å². The molecule has 5 heteroatoms. The summed E-state index contributed by atoms with van der Waals surface area (Å²) in [6, 6.07) is 3.63. The summed E-state index contributed by atoms with van der Waals surface area (Å²) >= 11 is 0. The molecule has 1 aromatic heterocycles. The van der Waals surface area contributed by atoms with Gasteiger partial charge in [0.25, 0.3) is 0 Å². The predicted octanol–water partition coefficient (Wildman–Crippen LogP) is 0.175. The van der Waals surface area contributed by atoms with E-state index in [1.54, 1.807) is 12.3 Å². The second-order valence-corrected chi connectivity index (χ2v) is 5.10. The van der Waals surface area contributed by atoms with Crippen molar-refractivity contribution >= 4 is 26.0 Å². The topological polar surface area (TPSA) is 31.4 Å². The molecule has 2 rings (SSSR count). The van der Waals surface area contributed by atoms with Gasteiger partial charge in [0.1, 0.15) is 7.85 Å². The Balaban J connectivity index is 2.23. The lowest BCUT2D eigenvalue weighted by molar-refractivity contribution is 0.00578. The molecule has 3 nitrogen and oxygen atoms in total. The SMILES string of the molecule is [B]c1ccc(B2OC(C)(C)C(C)(C)O2)cn1. The molecule has 1 fully saturated rings. The number of rotatable bonds is 1. The highest BCUT2D eigenvalue weighted by Crippen LogP contribution is 2.36. The molecule has 0 saturated carbocycles. The average Bonchev–Trinajstić information content (AvgIpc) is 2.37. The molecule has 0 spiro atoms. The Hall–Kier alpha value is -0.800.